The average Bonchev–Trinajstić information content (AvgIpc) is 2.85. The van der Waals surface area contributed by atoms with Crippen molar-refractivity contribution in [2.45, 2.75) is 26.3 Å². The zero-order valence-corrected chi connectivity index (χ0v) is 11.5. The Bertz CT molecular complexity index is 461. The molecule has 1 unspecified atom stereocenters. The molecule has 0 saturated heterocycles. The van der Waals surface area contributed by atoms with Gasteiger partial charge in [0.25, 0.3) is 0 Å². The van der Waals surface area contributed by atoms with Gasteiger partial charge in [0.2, 0.25) is 6.79 Å². The highest BCUT2D eigenvalue weighted by Crippen LogP contribution is 2.32. The largest absolute Gasteiger partial charge is 0.454 e. The Hall–Kier alpha value is -1.91. The molecule has 104 valence electrons. The minimum absolute atomic E-state index is 0.0550. The summed E-state index contributed by atoms with van der Waals surface area (Å²) in [6.45, 7) is 4.45. The molecule has 0 fully saturated rings. The monoisotopic (exact) mass is 265 g/mol. The fraction of sp³-hybridized carbons (Fsp3) is 0.500. The van der Waals surface area contributed by atoms with Gasteiger partial charge in [0.05, 0.1) is 6.61 Å². The molecule has 1 aromatic carbocycles. The summed E-state index contributed by atoms with van der Waals surface area (Å²) in [5, 5.41) is 0. The van der Waals surface area contributed by atoms with Gasteiger partial charge in [0.15, 0.2) is 11.5 Å². The summed E-state index contributed by atoms with van der Waals surface area (Å²) in [5.74, 6) is 1.54. The molecule has 0 bridgehead atoms. The first-order valence-electron chi connectivity index (χ1n) is 6.40. The zero-order valence-electron chi connectivity index (χ0n) is 11.5. The first kappa shape index (κ1) is 13.5. The van der Waals surface area contributed by atoms with Crippen LogP contribution in [0.4, 0.5) is 4.79 Å². The summed E-state index contributed by atoms with van der Waals surface area (Å²) < 4.78 is 15.6. The topological polar surface area (TPSA) is 48.0 Å². The van der Waals surface area contributed by atoms with Crippen LogP contribution in [0.5, 0.6) is 11.5 Å². The van der Waals surface area contributed by atoms with E-state index < -0.39 is 0 Å². The van der Waals surface area contributed by atoms with E-state index in [0.717, 1.165) is 23.5 Å². The number of carbonyl (C=O) groups is 1. The van der Waals surface area contributed by atoms with E-state index in [1.54, 1.807) is 18.9 Å². The summed E-state index contributed by atoms with van der Waals surface area (Å²) in [5.41, 5.74) is 1.10. The number of carbonyl (C=O) groups excluding carboxylic acids is 1. The van der Waals surface area contributed by atoms with E-state index in [-0.39, 0.29) is 18.9 Å². The Morgan fingerprint density at radius 3 is 2.89 bits per heavy atom. The van der Waals surface area contributed by atoms with Gasteiger partial charge in [-0.25, -0.2) is 4.79 Å². The second kappa shape index (κ2) is 5.82. The number of amides is 1. The van der Waals surface area contributed by atoms with Gasteiger partial charge < -0.3 is 19.1 Å². The molecule has 5 heteroatoms. The van der Waals surface area contributed by atoms with Crippen molar-refractivity contribution >= 4 is 6.09 Å². The third-order valence-corrected chi connectivity index (χ3v) is 3.19. The van der Waals surface area contributed by atoms with Crippen LogP contribution in [0.2, 0.25) is 0 Å². The maximum absolute atomic E-state index is 11.6. The molecule has 5 nitrogen and oxygen atoms in total. The molecular formula is C14H19NO4. The second-order valence-electron chi connectivity index (χ2n) is 4.55. The highest BCUT2D eigenvalue weighted by molar-refractivity contribution is 5.67. The summed E-state index contributed by atoms with van der Waals surface area (Å²) >= 11 is 0. The van der Waals surface area contributed by atoms with Gasteiger partial charge in [-0.1, -0.05) is 6.07 Å². The average molecular weight is 265 g/mol. The Kier molecular flexibility index (Phi) is 4.14. The summed E-state index contributed by atoms with van der Waals surface area (Å²) in [7, 11) is 1.75. The molecule has 19 heavy (non-hydrogen) atoms. The molecule has 0 aliphatic carbocycles. The number of hydrogen-bond acceptors (Lipinski definition) is 4. The van der Waals surface area contributed by atoms with Crippen molar-refractivity contribution in [3.63, 3.8) is 0 Å². The number of hydrogen-bond donors (Lipinski definition) is 0. The summed E-state index contributed by atoms with van der Waals surface area (Å²) in [6.07, 6.45) is 0.446. The van der Waals surface area contributed by atoms with Gasteiger partial charge in [0, 0.05) is 13.1 Å². The SMILES string of the molecule is CCOC(=O)N(C)C(C)Cc1ccc2c(c1)OCO2. The van der Waals surface area contributed by atoms with Crippen LogP contribution in [0.15, 0.2) is 18.2 Å². The predicted molar refractivity (Wildman–Crippen MR) is 70.5 cm³/mol. The van der Waals surface area contributed by atoms with Crippen molar-refractivity contribution in [3.05, 3.63) is 23.8 Å². The quantitative estimate of drug-likeness (QED) is 0.839. The molecule has 0 saturated carbocycles. The van der Waals surface area contributed by atoms with Gasteiger partial charge in [-0.3, -0.25) is 0 Å². The maximum Gasteiger partial charge on any atom is 0.409 e. The van der Waals surface area contributed by atoms with Crippen LogP contribution in [-0.2, 0) is 11.2 Å². The van der Waals surface area contributed by atoms with Gasteiger partial charge >= 0.3 is 6.09 Å². The first-order chi connectivity index (χ1) is 9.11. The summed E-state index contributed by atoms with van der Waals surface area (Å²) in [6, 6.07) is 5.90. The third-order valence-electron chi connectivity index (χ3n) is 3.19. The number of fused-ring (bicyclic) bond motifs is 1. The van der Waals surface area contributed by atoms with Crippen LogP contribution in [-0.4, -0.2) is 37.5 Å². The van der Waals surface area contributed by atoms with E-state index in [9.17, 15) is 4.79 Å². The maximum atomic E-state index is 11.6. The molecule has 2 rings (SSSR count). The predicted octanol–water partition coefficient (Wildman–Crippen LogP) is 2.43. The van der Waals surface area contributed by atoms with Gasteiger partial charge in [-0.05, 0) is 38.0 Å². The summed E-state index contributed by atoms with van der Waals surface area (Å²) in [4.78, 5) is 13.2. The Labute approximate surface area is 113 Å². The number of rotatable bonds is 4. The fourth-order valence-corrected chi connectivity index (χ4v) is 1.95. The first-order valence-corrected chi connectivity index (χ1v) is 6.40. The fourth-order valence-electron chi connectivity index (χ4n) is 1.95. The van der Waals surface area contributed by atoms with Crippen LogP contribution >= 0.6 is 0 Å². The highest BCUT2D eigenvalue weighted by Gasteiger charge is 2.19. The van der Waals surface area contributed by atoms with Gasteiger partial charge in [-0.2, -0.15) is 0 Å². The van der Waals surface area contributed by atoms with E-state index in [0.29, 0.717) is 6.61 Å². The smallest absolute Gasteiger partial charge is 0.409 e. The molecule has 1 aromatic rings. The van der Waals surface area contributed by atoms with E-state index in [2.05, 4.69) is 0 Å². The Morgan fingerprint density at radius 1 is 1.42 bits per heavy atom. The van der Waals surface area contributed by atoms with Crippen molar-refractivity contribution < 1.29 is 19.0 Å². The van der Waals surface area contributed by atoms with Crippen LogP contribution in [0.25, 0.3) is 0 Å². The van der Waals surface area contributed by atoms with Crippen molar-refractivity contribution in [3.8, 4) is 11.5 Å². The van der Waals surface area contributed by atoms with E-state index in [4.69, 9.17) is 14.2 Å². The molecule has 1 aliphatic heterocycles. The van der Waals surface area contributed by atoms with E-state index in [1.807, 2.05) is 25.1 Å². The lowest BCUT2D eigenvalue weighted by Gasteiger charge is -2.24. The van der Waals surface area contributed by atoms with Crippen molar-refractivity contribution in [2.24, 2.45) is 0 Å². The standard InChI is InChI=1S/C14H19NO4/c1-4-17-14(16)15(3)10(2)7-11-5-6-12-13(8-11)19-9-18-12/h5-6,8,10H,4,7,9H2,1-3H3. The van der Waals surface area contributed by atoms with Crippen molar-refractivity contribution in [1.82, 2.24) is 4.90 Å². The number of benzene rings is 1. The number of likely N-dealkylation sites (N-methyl/N-ethyl adjacent to an activating group) is 1. The number of nitrogens with zero attached hydrogens (tertiary/aromatic N) is 1. The lowest BCUT2D eigenvalue weighted by molar-refractivity contribution is 0.104. The van der Waals surface area contributed by atoms with Crippen LogP contribution in [0.1, 0.15) is 19.4 Å². The van der Waals surface area contributed by atoms with Gasteiger partial charge in [0.1, 0.15) is 0 Å². The number of ether oxygens (including phenoxy) is 3. The third kappa shape index (κ3) is 3.10. The van der Waals surface area contributed by atoms with Crippen LogP contribution in [0, 0.1) is 0 Å². The van der Waals surface area contributed by atoms with E-state index >= 15 is 0 Å². The van der Waals surface area contributed by atoms with Crippen LogP contribution < -0.4 is 9.47 Å². The lowest BCUT2D eigenvalue weighted by Crippen LogP contribution is -2.36. The minimum Gasteiger partial charge on any atom is -0.454 e. The molecule has 1 amide bonds. The van der Waals surface area contributed by atoms with Gasteiger partial charge in [-0.15, -0.1) is 0 Å². The van der Waals surface area contributed by atoms with Crippen molar-refractivity contribution in [2.75, 3.05) is 20.4 Å². The Balaban J connectivity index is 1.98. The molecule has 0 aromatic heterocycles. The van der Waals surface area contributed by atoms with Crippen molar-refractivity contribution in [1.29, 1.82) is 0 Å². The Morgan fingerprint density at radius 2 is 2.16 bits per heavy atom. The molecule has 1 heterocycles. The molecular weight excluding hydrogens is 246 g/mol. The molecule has 1 atom stereocenters. The lowest BCUT2D eigenvalue weighted by atomic mass is 10.1. The molecule has 1 aliphatic rings. The molecule has 0 radical (unpaired) electrons. The van der Waals surface area contributed by atoms with E-state index in [1.165, 1.54) is 0 Å². The molecule has 0 N–H and O–H groups in total. The highest BCUT2D eigenvalue weighted by atomic mass is 16.7. The minimum atomic E-state index is -0.296. The molecule has 0 spiro atoms. The second-order valence-corrected chi connectivity index (χ2v) is 4.55. The zero-order chi connectivity index (χ0) is 13.8. The normalized spacial score (nSPS) is 14.1. The van der Waals surface area contributed by atoms with Crippen LogP contribution in [0.3, 0.4) is 0 Å².